The summed E-state index contributed by atoms with van der Waals surface area (Å²) < 4.78 is 23.3. The lowest BCUT2D eigenvalue weighted by Gasteiger charge is -2.29. The van der Waals surface area contributed by atoms with Gasteiger partial charge in [0, 0.05) is 24.1 Å². The van der Waals surface area contributed by atoms with Crippen molar-refractivity contribution in [2.24, 2.45) is 0 Å². The molecule has 3 nitrogen and oxygen atoms in total. The normalized spacial score (nSPS) is 32.4. The van der Waals surface area contributed by atoms with E-state index in [1.165, 1.54) is 0 Å². The van der Waals surface area contributed by atoms with Crippen molar-refractivity contribution in [2.75, 3.05) is 23.8 Å². The zero-order valence-corrected chi connectivity index (χ0v) is 9.87. The van der Waals surface area contributed by atoms with E-state index in [4.69, 9.17) is 0 Å². The van der Waals surface area contributed by atoms with Gasteiger partial charge >= 0.3 is 0 Å². The fraction of sp³-hybridized carbons (Fsp3) is 1.00. The molecule has 2 rings (SSSR count). The standard InChI is InChI=1S/C9H17NO2S2/c11-14(12)4-2-1-3-9(14)5-10-8-6-13-7-8/h8-10H,1-7H2. The molecule has 0 aromatic heterocycles. The molecule has 2 aliphatic heterocycles. The molecule has 0 aliphatic carbocycles. The Morgan fingerprint density at radius 2 is 2.07 bits per heavy atom. The van der Waals surface area contributed by atoms with Gasteiger partial charge < -0.3 is 5.32 Å². The summed E-state index contributed by atoms with van der Waals surface area (Å²) >= 11 is 1.92. The van der Waals surface area contributed by atoms with Crippen LogP contribution in [0.1, 0.15) is 19.3 Å². The third kappa shape index (κ3) is 2.44. The molecule has 1 atom stereocenters. The molecule has 2 fully saturated rings. The number of sulfone groups is 1. The van der Waals surface area contributed by atoms with Crippen LogP contribution in [-0.2, 0) is 9.84 Å². The van der Waals surface area contributed by atoms with Crippen molar-refractivity contribution >= 4 is 21.6 Å². The van der Waals surface area contributed by atoms with Crippen LogP contribution < -0.4 is 5.32 Å². The number of hydrogen-bond acceptors (Lipinski definition) is 4. The lowest BCUT2D eigenvalue weighted by molar-refractivity contribution is 0.501. The molecular weight excluding hydrogens is 218 g/mol. The topological polar surface area (TPSA) is 46.2 Å². The Hall–Kier alpha value is 0.260. The maximum absolute atomic E-state index is 11.7. The number of nitrogens with one attached hydrogen (secondary N) is 1. The van der Waals surface area contributed by atoms with Gasteiger partial charge in [-0.2, -0.15) is 11.8 Å². The molecule has 2 saturated heterocycles. The molecule has 0 aromatic rings. The number of thioether (sulfide) groups is 1. The Balaban J connectivity index is 1.82. The minimum Gasteiger partial charge on any atom is -0.311 e. The highest BCUT2D eigenvalue weighted by atomic mass is 32.2. The molecule has 2 heterocycles. The van der Waals surface area contributed by atoms with Crippen molar-refractivity contribution in [3.63, 3.8) is 0 Å². The van der Waals surface area contributed by atoms with Gasteiger partial charge in [-0.1, -0.05) is 6.42 Å². The van der Waals surface area contributed by atoms with E-state index in [0.29, 0.717) is 18.3 Å². The SMILES string of the molecule is O=S1(=O)CCCCC1CNC1CSC1. The Bertz CT molecular complexity index is 285. The van der Waals surface area contributed by atoms with Crippen LogP contribution >= 0.6 is 11.8 Å². The number of rotatable bonds is 3. The smallest absolute Gasteiger partial charge is 0.154 e. The second kappa shape index (κ2) is 4.41. The summed E-state index contributed by atoms with van der Waals surface area (Å²) in [6.45, 7) is 0.674. The summed E-state index contributed by atoms with van der Waals surface area (Å²) in [7, 11) is -2.77. The lowest BCUT2D eigenvalue weighted by Crippen LogP contribution is -2.46. The molecule has 82 valence electrons. The minimum atomic E-state index is -2.77. The highest BCUT2D eigenvalue weighted by molar-refractivity contribution is 8.00. The predicted molar refractivity (Wildman–Crippen MR) is 60.5 cm³/mol. The average molecular weight is 235 g/mol. The first kappa shape index (κ1) is 10.8. The van der Waals surface area contributed by atoms with Crippen molar-refractivity contribution in [1.82, 2.24) is 5.32 Å². The highest BCUT2D eigenvalue weighted by Gasteiger charge is 2.29. The van der Waals surface area contributed by atoms with Crippen molar-refractivity contribution in [3.05, 3.63) is 0 Å². The van der Waals surface area contributed by atoms with Crippen LogP contribution in [-0.4, -0.2) is 43.5 Å². The fourth-order valence-electron chi connectivity index (χ4n) is 1.90. The van der Waals surface area contributed by atoms with Gasteiger partial charge in [0.1, 0.15) is 0 Å². The third-order valence-electron chi connectivity index (χ3n) is 2.99. The van der Waals surface area contributed by atoms with Crippen molar-refractivity contribution < 1.29 is 8.42 Å². The molecule has 5 heteroatoms. The van der Waals surface area contributed by atoms with Crippen LogP contribution in [0.3, 0.4) is 0 Å². The van der Waals surface area contributed by atoms with E-state index < -0.39 is 9.84 Å². The molecule has 0 amide bonds. The van der Waals surface area contributed by atoms with E-state index in [1.807, 2.05) is 11.8 Å². The second-order valence-electron chi connectivity index (χ2n) is 4.13. The molecular formula is C9H17NO2S2. The van der Waals surface area contributed by atoms with Gasteiger partial charge in [-0.25, -0.2) is 8.42 Å². The van der Waals surface area contributed by atoms with Gasteiger partial charge in [-0.3, -0.25) is 0 Å². The van der Waals surface area contributed by atoms with Crippen LogP contribution in [0.15, 0.2) is 0 Å². The summed E-state index contributed by atoms with van der Waals surface area (Å²) in [4.78, 5) is 0. The summed E-state index contributed by atoms with van der Waals surface area (Å²) in [5, 5.41) is 3.24. The Kier molecular flexibility index (Phi) is 3.39. The van der Waals surface area contributed by atoms with Gasteiger partial charge in [0.05, 0.1) is 11.0 Å². The average Bonchev–Trinajstić information content (AvgIpc) is 2.04. The minimum absolute atomic E-state index is 0.109. The zero-order chi connectivity index (χ0) is 10.0. The van der Waals surface area contributed by atoms with Gasteiger partial charge in [0.25, 0.3) is 0 Å². The second-order valence-corrected chi connectivity index (χ2v) is 7.60. The van der Waals surface area contributed by atoms with Crippen molar-refractivity contribution in [2.45, 2.75) is 30.6 Å². The summed E-state index contributed by atoms with van der Waals surface area (Å²) in [5.41, 5.74) is 0. The van der Waals surface area contributed by atoms with E-state index in [0.717, 1.165) is 30.8 Å². The summed E-state index contributed by atoms with van der Waals surface area (Å²) in [6, 6.07) is 0.567. The van der Waals surface area contributed by atoms with E-state index in [2.05, 4.69) is 5.32 Å². The molecule has 2 aliphatic rings. The zero-order valence-electron chi connectivity index (χ0n) is 8.24. The van der Waals surface area contributed by atoms with Crippen LogP contribution in [0.5, 0.6) is 0 Å². The van der Waals surface area contributed by atoms with Crippen molar-refractivity contribution in [3.8, 4) is 0 Å². The molecule has 0 saturated carbocycles. The third-order valence-corrected chi connectivity index (χ3v) is 6.54. The molecule has 1 unspecified atom stereocenters. The van der Waals surface area contributed by atoms with E-state index in [-0.39, 0.29) is 5.25 Å². The maximum Gasteiger partial charge on any atom is 0.154 e. The largest absolute Gasteiger partial charge is 0.311 e. The Morgan fingerprint density at radius 1 is 1.29 bits per heavy atom. The molecule has 0 spiro atoms. The van der Waals surface area contributed by atoms with Crippen LogP contribution in [0.4, 0.5) is 0 Å². The van der Waals surface area contributed by atoms with Gasteiger partial charge in [0.15, 0.2) is 9.84 Å². The van der Waals surface area contributed by atoms with Gasteiger partial charge in [0.2, 0.25) is 0 Å². The summed E-state index contributed by atoms with van der Waals surface area (Å²) in [6.07, 6.45) is 2.79. The first-order valence-electron chi connectivity index (χ1n) is 5.21. The Labute approximate surface area is 89.9 Å². The summed E-state index contributed by atoms with van der Waals surface area (Å²) in [5.74, 6) is 2.69. The Morgan fingerprint density at radius 3 is 2.64 bits per heavy atom. The van der Waals surface area contributed by atoms with Crippen molar-refractivity contribution in [1.29, 1.82) is 0 Å². The van der Waals surface area contributed by atoms with Crippen LogP contribution in [0.2, 0.25) is 0 Å². The molecule has 0 radical (unpaired) electrons. The first-order chi connectivity index (χ1) is 6.68. The van der Waals surface area contributed by atoms with Crippen LogP contribution in [0, 0.1) is 0 Å². The van der Waals surface area contributed by atoms with E-state index in [9.17, 15) is 8.42 Å². The quantitative estimate of drug-likeness (QED) is 0.780. The van der Waals surface area contributed by atoms with E-state index in [1.54, 1.807) is 0 Å². The molecule has 0 bridgehead atoms. The fourth-order valence-corrected chi connectivity index (χ4v) is 4.43. The molecule has 0 aromatic carbocycles. The monoisotopic (exact) mass is 235 g/mol. The van der Waals surface area contributed by atoms with Gasteiger partial charge in [-0.05, 0) is 12.8 Å². The highest BCUT2D eigenvalue weighted by Crippen LogP contribution is 2.21. The molecule has 14 heavy (non-hydrogen) atoms. The maximum atomic E-state index is 11.7. The van der Waals surface area contributed by atoms with Crippen LogP contribution in [0.25, 0.3) is 0 Å². The predicted octanol–water partition coefficient (Wildman–Crippen LogP) is 0.659. The number of hydrogen-bond donors (Lipinski definition) is 1. The van der Waals surface area contributed by atoms with E-state index >= 15 is 0 Å². The van der Waals surface area contributed by atoms with Gasteiger partial charge in [-0.15, -0.1) is 0 Å². The molecule has 1 N–H and O–H groups in total. The first-order valence-corrected chi connectivity index (χ1v) is 8.08. The lowest BCUT2D eigenvalue weighted by atomic mass is 10.2.